The summed E-state index contributed by atoms with van der Waals surface area (Å²) in [6, 6.07) is 2.19. The van der Waals surface area contributed by atoms with Crippen LogP contribution in [-0.2, 0) is 9.47 Å². The first-order chi connectivity index (χ1) is 13.6. The van der Waals surface area contributed by atoms with Crippen molar-refractivity contribution < 1.29 is 23.8 Å². The maximum Gasteiger partial charge on any atom is 0.407 e. The third-order valence-corrected chi connectivity index (χ3v) is 6.02. The molecule has 150 valence electrons. The number of nitrogens with one attached hydrogen (secondary N) is 1. The number of carbonyl (C=O) groups is 2. The second-order valence-electron chi connectivity index (χ2n) is 7.01. The molecule has 0 radical (unpaired) electrons. The molecule has 0 aromatic carbocycles. The van der Waals surface area contributed by atoms with Gasteiger partial charge >= 0.3 is 12.1 Å². The number of ether oxygens (including phenoxy) is 3. The van der Waals surface area contributed by atoms with Gasteiger partial charge in [-0.15, -0.1) is 11.3 Å². The SMILES string of the molecule is COC(=O)c1csc2c(OC)cc(N3CCC(OC(=O)NC4CC4)CC3)nc12. The molecule has 2 aliphatic rings. The van der Waals surface area contributed by atoms with Crippen molar-refractivity contribution >= 4 is 39.4 Å². The summed E-state index contributed by atoms with van der Waals surface area (Å²) >= 11 is 1.41. The van der Waals surface area contributed by atoms with Crippen LogP contribution in [0.15, 0.2) is 11.4 Å². The van der Waals surface area contributed by atoms with Crippen molar-refractivity contribution in [3.8, 4) is 5.75 Å². The average Bonchev–Trinajstić information content (AvgIpc) is 3.42. The molecular formula is C19H23N3O5S. The van der Waals surface area contributed by atoms with Crippen LogP contribution in [0.4, 0.5) is 10.6 Å². The zero-order valence-corrected chi connectivity index (χ0v) is 16.7. The Morgan fingerprint density at radius 2 is 1.96 bits per heavy atom. The van der Waals surface area contributed by atoms with Gasteiger partial charge in [0.2, 0.25) is 0 Å². The molecule has 0 unspecified atom stereocenters. The first-order valence-electron chi connectivity index (χ1n) is 9.35. The highest BCUT2D eigenvalue weighted by atomic mass is 32.1. The van der Waals surface area contributed by atoms with Gasteiger partial charge in [0.25, 0.3) is 0 Å². The number of alkyl carbamates (subject to hydrolysis) is 1. The number of rotatable bonds is 5. The lowest BCUT2D eigenvalue weighted by Crippen LogP contribution is -2.40. The van der Waals surface area contributed by atoms with E-state index in [1.807, 2.05) is 6.07 Å². The Kier molecular flexibility index (Phi) is 5.25. The third kappa shape index (κ3) is 3.84. The number of piperidine rings is 1. The number of carbonyl (C=O) groups excluding carboxylic acids is 2. The largest absolute Gasteiger partial charge is 0.495 e. The highest BCUT2D eigenvalue weighted by molar-refractivity contribution is 7.18. The van der Waals surface area contributed by atoms with Gasteiger partial charge < -0.3 is 24.4 Å². The number of hydrogen-bond acceptors (Lipinski definition) is 8. The summed E-state index contributed by atoms with van der Waals surface area (Å²) in [6.07, 6.45) is 3.14. The van der Waals surface area contributed by atoms with Crippen LogP contribution >= 0.6 is 11.3 Å². The molecule has 1 saturated carbocycles. The molecule has 2 aromatic rings. The molecule has 1 aliphatic carbocycles. The van der Waals surface area contributed by atoms with E-state index in [0.717, 1.165) is 36.2 Å². The van der Waals surface area contributed by atoms with Crippen molar-refractivity contribution in [1.29, 1.82) is 0 Å². The molecule has 1 amide bonds. The maximum atomic E-state index is 12.0. The standard InChI is InChI=1S/C19H23N3O5S/c1-25-14-9-15(21-16-13(18(23)26-2)10-28-17(14)16)22-7-5-12(6-8-22)27-19(24)20-11-3-4-11/h9-12H,3-8H2,1-2H3,(H,20,24). The normalized spacial score (nSPS) is 17.4. The van der Waals surface area contributed by atoms with Crippen molar-refractivity contribution in [2.75, 3.05) is 32.2 Å². The van der Waals surface area contributed by atoms with Gasteiger partial charge in [-0.05, 0) is 12.8 Å². The van der Waals surface area contributed by atoms with Crippen LogP contribution in [0.3, 0.4) is 0 Å². The summed E-state index contributed by atoms with van der Waals surface area (Å²) in [5.74, 6) is 1.02. The van der Waals surface area contributed by atoms with Gasteiger partial charge in [-0.1, -0.05) is 0 Å². The monoisotopic (exact) mass is 405 g/mol. The minimum atomic E-state index is -0.410. The van der Waals surface area contributed by atoms with Crippen LogP contribution in [0.25, 0.3) is 10.2 Å². The number of methoxy groups -OCH3 is 2. The predicted octanol–water partition coefficient (Wildman–Crippen LogP) is 2.95. The van der Waals surface area contributed by atoms with Crippen molar-refractivity contribution in [3.05, 3.63) is 17.0 Å². The maximum absolute atomic E-state index is 12.0. The minimum Gasteiger partial charge on any atom is -0.495 e. The lowest BCUT2D eigenvalue weighted by atomic mass is 10.1. The molecular weight excluding hydrogens is 382 g/mol. The van der Waals surface area contributed by atoms with Crippen LogP contribution < -0.4 is 15.0 Å². The number of esters is 1. The molecule has 0 atom stereocenters. The first kappa shape index (κ1) is 18.8. The summed E-state index contributed by atoms with van der Waals surface area (Å²) in [6.45, 7) is 1.42. The van der Waals surface area contributed by atoms with Gasteiger partial charge in [0.05, 0.1) is 24.5 Å². The Labute approximate surface area is 166 Å². The number of fused-ring (bicyclic) bond motifs is 1. The van der Waals surface area contributed by atoms with Crippen LogP contribution in [-0.4, -0.2) is 56.5 Å². The van der Waals surface area contributed by atoms with Crippen LogP contribution in [0.1, 0.15) is 36.0 Å². The van der Waals surface area contributed by atoms with E-state index in [1.54, 1.807) is 12.5 Å². The Morgan fingerprint density at radius 3 is 2.61 bits per heavy atom. The van der Waals surface area contributed by atoms with Gasteiger partial charge in [0.1, 0.15) is 23.2 Å². The summed E-state index contributed by atoms with van der Waals surface area (Å²) < 4.78 is 16.7. The first-order valence-corrected chi connectivity index (χ1v) is 10.2. The Hall–Kier alpha value is -2.55. The Morgan fingerprint density at radius 1 is 1.21 bits per heavy atom. The van der Waals surface area contributed by atoms with Crippen LogP contribution in [0.2, 0.25) is 0 Å². The number of nitrogens with zero attached hydrogens (tertiary/aromatic N) is 2. The van der Waals surface area contributed by atoms with E-state index >= 15 is 0 Å². The van der Waals surface area contributed by atoms with Gasteiger partial charge in [-0.3, -0.25) is 0 Å². The predicted molar refractivity (Wildman–Crippen MR) is 105 cm³/mol. The van der Waals surface area contributed by atoms with Crippen molar-refractivity contribution in [3.63, 3.8) is 0 Å². The molecule has 1 saturated heterocycles. The molecule has 4 rings (SSSR count). The minimum absolute atomic E-state index is 0.0904. The lowest BCUT2D eigenvalue weighted by molar-refractivity contribution is 0.0603. The van der Waals surface area contributed by atoms with Crippen molar-refractivity contribution in [1.82, 2.24) is 10.3 Å². The number of anilines is 1. The Balaban J connectivity index is 1.48. The molecule has 1 aliphatic heterocycles. The van der Waals surface area contributed by atoms with E-state index in [0.29, 0.717) is 36.0 Å². The fourth-order valence-electron chi connectivity index (χ4n) is 3.32. The van der Waals surface area contributed by atoms with Gasteiger partial charge in [-0.2, -0.15) is 0 Å². The number of thiophene rings is 1. The topological polar surface area (TPSA) is 90.0 Å². The quantitative estimate of drug-likeness (QED) is 0.765. The molecule has 28 heavy (non-hydrogen) atoms. The third-order valence-electron chi connectivity index (χ3n) is 5.04. The fraction of sp³-hybridized carbons (Fsp3) is 0.526. The molecule has 0 spiro atoms. The van der Waals surface area contributed by atoms with Crippen LogP contribution in [0.5, 0.6) is 5.75 Å². The van der Waals surface area contributed by atoms with E-state index in [-0.39, 0.29) is 12.2 Å². The smallest absolute Gasteiger partial charge is 0.407 e. The van der Waals surface area contributed by atoms with E-state index in [4.69, 9.17) is 19.2 Å². The number of hydrogen-bond donors (Lipinski definition) is 1. The van der Waals surface area contributed by atoms with E-state index in [1.165, 1.54) is 18.4 Å². The van der Waals surface area contributed by atoms with Crippen LogP contribution in [0, 0.1) is 0 Å². The Bertz CT molecular complexity index is 887. The average molecular weight is 405 g/mol. The molecule has 3 heterocycles. The zero-order chi connectivity index (χ0) is 19.7. The van der Waals surface area contributed by atoms with Gasteiger partial charge in [0.15, 0.2) is 0 Å². The van der Waals surface area contributed by atoms with Crippen molar-refractivity contribution in [2.45, 2.75) is 37.8 Å². The second kappa shape index (κ2) is 7.83. The molecule has 8 nitrogen and oxygen atoms in total. The summed E-state index contributed by atoms with van der Waals surface area (Å²) in [7, 11) is 2.96. The molecule has 2 fully saturated rings. The summed E-state index contributed by atoms with van der Waals surface area (Å²) in [4.78, 5) is 30.7. The molecule has 1 N–H and O–H groups in total. The fourth-order valence-corrected chi connectivity index (χ4v) is 4.29. The number of aromatic nitrogens is 1. The molecule has 2 aromatic heterocycles. The molecule has 0 bridgehead atoms. The van der Waals surface area contributed by atoms with E-state index in [2.05, 4.69) is 10.2 Å². The summed E-state index contributed by atoms with van der Waals surface area (Å²) in [5, 5.41) is 4.60. The second-order valence-corrected chi connectivity index (χ2v) is 7.89. The van der Waals surface area contributed by atoms with E-state index < -0.39 is 5.97 Å². The number of amides is 1. The van der Waals surface area contributed by atoms with E-state index in [9.17, 15) is 9.59 Å². The van der Waals surface area contributed by atoms with Gasteiger partial charge in [0, 0.05) is 43.4 Å². The van der Waals surface area contributed by atoms with Crippen molar-refractivity contribution in [2.24, 2.45) is 0 Å². The zero-order valence-electron chi connectivity index (χ0n) is 15.9. The highest BCUT2D eigenvalue weighted by Gasteiger charge is 2.28. The highest BCUT2D eigenvalue weighted by Crippen LogP contribution is 2.36. The van der Waals surface area contributed by atoms with Gasteiger partial charge in [-0.25, -0.2) is 14.6 Å². The summed E-state index contributed by atoms with van der Waals surface area (Å²) in [5.41, 5.74) is 1.03. The molecule has 9 heteroatoms. The number of pyridine rings is 1. The lowest BCUT2D eigenvalue weighted by Gasteiger charge is -2.32.